The third-order valence-electron chi connectivity index (χ3n) is 6.68. The van der Waals surface area contributed by atoms with Crippen molar-refractivity contribution in [2.45, 2.75) is 46.7 Å². The number of rotatable bonds is 7. The van der Waals surface area contributed by atoms with Crippen LogP contribution in [0, 0.1) is 13.8 Å². The van der Waals surface area contributed by atoms with E-state index >= 15 is 0 Å². The van der Waals surface area contributed by atoms with Crippen molar-refractivity contribution in [2.75, 3.05) is 14.1 Å². The highest BCUT2D eigenvalue weighted by atomic mass is 16.1. The molecule has 0 atom stereocenters. The minimum absolute atomic E-state index is 0.162. The quantitative estimate of drug-likeness (QED) is 0.376. The van der Waals surface area contributed by atoms with Crippen LogP contribution in [-0.2, 0) is 20.1 Å². The predicted molar refractivity (Wildman–Crippen MR) is 148 cm³/mol. The van der Waals surface area contributed by atoms with Crippen LogP contribution < -0.4 is 10.9 Å². The fraction of sp³-hybridized carbons (Fsp3) is 0.333. The van der Waals surface area contributed by atoms with Gasteiger partial charge in [0.1, 0.15) is 0 Å². The summed E-state index contributed by atoms with van der Waals surface area (Å²) in [5.74, 6) is 0.123. The van der Waals surface area contributed by atoms with E-state index in [1.165, 1.54) is 11.1 Å². The summed E-state index contributed by atoms with van der Waals surface area (Å²) in [5, 5.41) is 4.09. The minimum Gasteiger partial charge on any atom is -0.350 e. The molecule has 0 aliphatic heterocycles. The summed E-state index contributed by atoms with van der Waals surface area (Å²) in [4.78, 5) is 31.0. The van der Waals surface area contributed by atoms with Gasteiger partial charge in [0.25, 0.3) is 11.5 Å². The van der Waals surface area contributed by atoms with Crippen LogP contribution in [0.15, 0.2) is 53.5 Å². The van der Waals surface area contributed by atoms with E-state index in [4.69, 9.17) is 0 Å². The van der Waals surface area contributed by atoms with Gasteiger partial charge in [-0.2, -0.15) is 0 Å². The van der Waals surface area contributed by atoms with Crippen molar-refractivity contribution >= 4 is 16.8 Å². The van der Waals surface area contributed by atoms with Gasteiger partial charge in [-0.1, -0.05) is 38.1 Å². The molecule has 0 saturated carbocycles. The Morgan fingerprint density at radius 1 is 1.06 bits per heavy atom. The lowest BCUT2D eigenvalue weighted by atomic mass is 9.95. The van der Waals surface area contributed by atoms with Gasteiger partial charge in [-0.05, 0) is 79.9 Å². The molecule has 6 heteroatoms. The van der Waals surface area contributed by atoms with Crippen LogP contribution in [0.25, 0.3) is 22.0 Å². The van der Waals surface area contributed by atoms with Crippen LogP contribution in [-0.4, -0.2) is 34.5 Å². The Bertz CT molecular complexity index is 1470. The maximum Gasteiger partial charge on any atom is 0.253 e. The monoisotopic (exact) mass is 484 g/mol. The minimum atomic E-state index is -0.193. The van der Waals surface area contributed by atoms with Gasteiger partial charge in [0, 0.05) is 43.0 Å². The zero-order valence-electron chi connectivity index (χ0n) is 22.3. The molecule has 0 aliphatic carbocycles. The van der Waals surface area contributed by atoms with Gasteiger partial charge in [-0.25, -0.2) is 0 Å². The van der Waals surface area contributed by atoms with Crippen molar-refractivity contribution in [1.29, 1.82) is 0 Å². The number of nitrogens with one attached hydrogen (secondary N) is 2. The third-order valence-corrected chi connectivity index (χ3v) is 6.68. The predicted octanol–water partition coefficient (Wildman–Crippen LogP) is 5.27. The Kier molecular flexibility index (Phi) is 7.18. The first-order valence-corrected chi connectivity index (χ1v) is 12.4. The standard InChI is InChI=1S/C30H36N4O2/c1-18(2)27-17-34(7)28-24(27)13-23(22-10-8-21(9-11-22)16-33(5)6)14-25(28)29(35)31-15-26-19(3)12-20(4)32-30(26)36/h8-14,17-18H,15-16H2,1-7H3,(H,31,35)(H,32,36). The first-order valence-electron chi connectivity index (χ1n) is 12.4. The molecule has 0 saturated heterocycles. The number of aryl methyl sites for hydroxylation is 3. The Balaban J connectivity index is 1.77. The first-order chi connectivity index (χ1) is 17.0. The number of aromatic amines is 1. The van der Waals surface area contributed by atoms with Gasteiger partial charge in [0.05, 0.1) is 11.1 Å². The molecule has 1 amide bonds. The van der Waals surface area contributed by atoms with Crippen LogP contribution in [0.3, 0.4) is 0 Å². The molecule has 0 bridgehead atoms. The van der Waals surface area contributed by atoms with Crippen LogP contribution in [0.2, 0.25) is 0 Å². The van der Waals surface area contributed by atoms with Gasteiger partial charge >= 0.3 is 0 Å². The molecule has 4 aromatic rings. The SMILES string of the molecule is Cc1cc(C)c(CNC(=O)c2cc(-c3ccc(CN(C)C)cc3)cc3c(C(C)C)cn(C)c23)c(=O)[nH]1. The average Bonchev–Trinajstić information content (AvgIpc) is 3.14. The van der Waals surface area contributed by atoms with E-state index in [1.54, 1.807) is 0 Å². The second-order valence-electron chi connectivity index (χ2n) is 10.3. The summed E-state index contributed by atoms with van der Waals surface area (Å²) < 4.78 is 2.04. The number of fused-ring (bicyclic) bond motifs is 1. The number of H-pyrrole nitrogens is 1. The summed E-state index contributed by atoms with van der Waals surface area (Å²) in [6.07, 6.45) is 2.12. The van der Waals surface area contributed by atoms with E-state index in [2.05, 4.69) is 79.7 Å². The highest BCUT2D eigenvalue weighted by Crippen LogP contribution is 2.34. The molecule has 2 aromatic carbocycles. The van der Waals surface area contributed by atoms with Crippen molar-refractivity contribution in [3.05, 3.63) is 92.5 Å². The van der Waals surface area contributed by atoms with Crippen LogP contribution >= 0.6 is 0 Å². The fourth-order valence-corrected chi connectivity index (χ4v) is 4.91. The van der Waals surface area contributed by atoms with Crippen molar-refractivity contribution in [3.63, 3.8) is 0 Å². The largest absolute Gasteiger partial charge is 0.350 e. The van der Waals surface area contributed by atoms with Crippen molar-refractivity contribution in [1.82, 2.24) is 19.8 Å². The lowest BCUT2D eigenvalue weighted by Gasteiger charge is -2.14. The Morgan fingerprint density at radius 3 is 2.36 bits per heavy atom. The molecule has 188 valence electrons. The molecular weight excluding hydrogens is 448 g/mol. The number of nitrogens with zero attached hydrogens (tertiary/aromatic N) is 2. The molecule has 0 spiro atoms. The normalized spacial score (nSPS) is 11.6. The lowest BCUT2D eigenvalue weighted by molar-refractivity contribution is 0.0952. The third kappa shape index (κ3) is 5.14. The molecule has 2 N–H and O–H groups in total. The molecule has 0 aliphatic rings. The van der Waals surface area contributed by atoms with Crippen molar-refractivity contribution in [3.8, 4) is 11.1 Å². The molecule has 0 radical (unpaired) electrons. The fourth-order valence-electron chi connectivity index (χ4n) is 4.91. The summed E-state index contributed by atoms with van der Waals surface area (Å²) in [7, 11) is 6.10. The summed E-state index contributed by atoms with van der Waals surface area (Å²) in [6.45, 7) is 9.14. The van der Waals surface area contributed by atoms with Gasteiger partial charge in [0.15, 0.2) is 0 Å². The molecule has 36 heavy (non-hydrogen) atoms. The number of carbonyl (C=O) groups is 1. The second kappa shape index (κ2) is 10.2. The molecular formula is C30H36N4O2. The Labute approximate surface area is 213 Å². The highest BCUT2D eigenvalue weighted by molar-refractivity contribution is 6.08. The van der Waals surface area contributed by atoms with Gasteiger partial charge < -0.3 is 19.8 Å². The van der Waals surface area contributed by atoms with Crippen molar-refractivity contribution < 1.29 is 4.79 Å². The highest BCUT2D eigenvalue weighted by Gasteiger charge is 2.20. The Hall–Kier alpha value is -3.64. The molecule has 0 unspecified atom stereocenters. The Morgan fingerprint density at radius 2 is 1.75 bits per heavy atom. The number of aromatic nitrogens is 2. The number of hydrogen-bond donors (Lipinski definition) is 2. The van der Waals surface area contributed by atoms with Gasteiger partial charge in [0.2, 0.25) is 0 Å². The maximum atomic E-state index is 13.6. The summed E-state index contributed by atoms with van der Waals surface area (Å²) in [6, 6.07) is 14.6. The number of amides is 1. The van der Waals surface area contributed by atoms with E-state index in [0.29, 0.717) is 17.0 Å². The van der Waals surface area contributed by atoms with E-state index in [-0.39, 0.29) is 18.0 Å². The van der Waals surface area contributed by atoms with Crippen LogP contribution in [0.4, 0.5) is 0 Å². The molecule has 2 aromatic heterocycles. The second-order valence-corrected chi connectivity index (χ2v) is 10.3. The maximum absolute atomic E-state index is 13.6. The number of pyridine rings is 1. The van der Waals surface area contributed by atoms with Gasteiger partial charge in [-0.3, -0.25) is 9.59 Å². The van der Waals surface area contributed by atoms with E-state index in [0.717, 1.165) is 39.8 Å². The van der Waals surface area contributed by atoms with Gasteiger partial charge in [-0.15, -0.1) is 0 Å². The van der Waals surface area contributed by atoms with Crippen molar-refractivity contribution in [2.24, 2.45) is 7.05 Å². The smallest absolute Gasteiger partial charge is 0.253 e. The number of carbonyl (C=O) groups excluding carboxylic acids is 1. The molecule has 2 heterocycles. The molecule has 6 nitrogen and oxygen atoms in total. The lowest BCUT2D eigenvalue weighted by Crippen LogP contribution is -2.28. The number of benzene rings is 2. The average molecular weight is 485 g/mol. The zero-order valence-corrected chi connectivity index (χ0v) is 22.3. The summed E-state index contributed by atoms with van der Waals surface area (Å²) in [5.41, 5.74) is 8.12. The van der Waals surface area contributed by atoms with Crippen LogP contribution in [0.1, 0.15) is 58.1 Å². The molecule has 0 fully saturated rings. The summed E-state index contributed by atoms with van der Waals surface area (Å²) >= 11 is 0. The first kappa shape index (κ1) is 25.5. The van der Waals surface area contributed by atoms with E-state index in [1.807, 2.05) is 37.6 Å². The molecule has 4 rings (SSSR count). The topological polar surface area (TPSA) is 70.1 Å². The number of hydrogen-bond acceptors (Lipinski definition) is 3. The van der Waals surface area contributed by atoms with E-state index < -0.39 is 0 Å². The van der Waals surface area contributed by atoms with Crippen LogP contribution in [0.5, 0.6) is 0 Å². The van der Waals surface area contributed by atoms with E-state index in [9.17, 15) is 9.59 Å². The zero-order chi connectivity index (χ0) is 26.1.